The Balaban J connectivity index is 1.58. The average Bonchev–Trinajstić information content (AvgIpc) is 2.33. The standard InChI is InChI=1S/C15H23NO/c17-13-15(10-6-11-15)16-12-5-4-9-14-7-2-1-3-8-14/h1-3,7-8,16-17H,4-6,9-13H2. The lowest BCUT2D eigenvalue weighted by Gasteiger charge is -2.41. The number of hydrogen-bond acceptors (Lipinski definition) is 2. The van der Waals surface area contributed by atoms with E-state index >= 15 is 0 Å². The third kappa shape index (κ3) is 3.55. The highest BCUT2D eigenvalue weighted by molar-refractivity contribution is 5.14. The maximum Gasteiger partial charge on any atom is 0.0613 e. The molecule has 1 saturated carbocycles. The molecule has 0 amide bonds. The molecule has 2 heteroatoms. The van der Waals surface area contributed by atoms with Crippen LogP contribution in [-0.2, 0) is 6.42 Å². The molecule has 0 bridgehead atoms. The Morgan fingerprint density at radius 1 is 1.12 bits per heavy atom. The van der Waals surface area contributed by atoms with Gasteiger partial charge >= 0.3 is 0 Å². The summed E-state index contributed by atoms with van der Waals surface area (Å²) in [7, 11) is 0. The van der Waals surface area contributed by atoms with Crippen LogP contribution in [0.15, 0.2) is 30.3 Å². The number of rotatable bonds is 7. The number of aliphatic hydroxyl groups is 1. The van der Waals surface area contributed by atoms with Crippen molar-refractivity contribution >= 4 is 0 Å². The second-order valence-electron chi connectivity index (χ2n) is 5.16. The summed E-state index contributed by atoms with van der Waals surface area (Å²) in [5, 5.41) is 12.8. The van der Waals surface area contributed by atoms with Crippen molar-refractivity contribution in [1.82, 2.24) is 5.32 Å². The quantitative estimate of drug-likeness (QED) is 0.709. The van der Waals surface area contributed by atoms with E-state index in [9.17, 15) is 5.11 Å². The van der Waals surface area contributed by atoms with Gasteiger partial charge < -0.3 is 10.4 Å². The van der Waals surface area contributed by atoms with Crippen LogP contribution in [-0.4, -0.2) is 23.8 Å². The number of benzene rings is 1. The van der Waals surface area contributed by atoms with Gasteiger partial charge in [-0.1, -0.05) is 30.3 Å². The molecule has 0 aliphatic heterocycles. The van der Waals surface area contributed by atoms with Gasteiger partial charge in [-0.05, 0) is 50.6 Å². The Morgan fingerprint density at radius 2 is 1.88 bits per heavy atom. The molecule has 17 heavy (non-hydrogen) atoms. The van der Waals surface area contributed by atoms with E-state index in [0.717, 1.165) is 25.8 Å². The molecule has 1 aromatic rings. The lowest BCUT2D eigenvalue weighted by Crippen LogP contribution is -2.54. The largest absolute Gasteiger partial charge is 0.394 e. The molecule has 2 rings (SSSR count). The van der Waals surface area contributed by atoms with Crippen LogP contribution in [0.4, 0.5) is 0 Å². The topological polar surface area (TPSA) is 32.3 Å². The third-order valence-electron chi connectivity index (χ3n) is 3.85. The van der Waals surface area contributed by atoms with Gasteiger partial charge in [-0.2, -0.15) is 0 Å². The number of nitrogens with one attached hydrogen (secondary N) is 1. The molecule has 2 nitrogen and oxygen atoms in total. The van der Waals surface area contributed by atoms with Gasteiger partial charge in [0.25, 0.3) is 0 Å². The van der Waals surface area contributed by atoms with Gasteiger partial charge in [-0.25, -0.2) is 0 Å². The molecule has 1 aliphatic carbocycles. The molecule has 0 aromatic heterocycles. The highest BCUT2D eigenvalue weighted by atomic mass is 16.3. The Hall–Kier alpha value is -0.860. The first-order valence-electron chi connectivity index (χ1n) is 6.74. The van der Waals surface area contributed by atoms with E-state index in [-0.39, 0.29) is 5.54 Å². The molecule has 0 saturated heterocycles. The molecule has 0 spiro atoms. The summed E-state index contributed by atoms with van der Waals surface area (Å²) >= 11 is 0. The van der Waals surface area contributed by atoms with Crippen LogP contribution in [0.2, 0.25) is 0 Å². The predicted molar refractivity (Wildman–Crippen MR) is 71.1 cm³/mol. The summed E-state index contributed by atoms with van der Waals surface area (Å²) in [4.78, 5) is 0. The van der Waals surface area contributed by atoms with Crippen molar-refractivity contribution < 1.29 is 5.11 Å². The first-order chi connectivity index (χ1) is 8.35. The fraction of sp³-hybridized carbons (Fsp3) is 0.600. The van der Waals surface area contributed by atoms with Crippen molar-refractivity contribution in [1.29, 1.82) is 0 Å². The van der Waals surface area contributed by atoms with Crippen LogP contribution in [0.5, 0.6) is 0 Å². The summed E-state index contributed by atoms with van der Waals surface area (Å²) in [6.45, 7) is 1.33. The number of hydrogen-bond donors (Lipinski definition) is 2. The predicted octanol–water partition coefficient (Wildman–Crippen LogP) is 2.51. The van der Waals surface area contributed by atoms with Gasteiger partial charge in [0.05, 0.1) is 6.61 Å². The summed E-state index contributed by atoms with van der Waals surface area (Å²) in [6.07, 6.45) is 7.12. The van der Waals surface area contributed by atoms with E-state index in [1.807, 2.05) is 0 Å². The summed E-state index contributed by atoms with van der Waals surface area (Å²) < 4.78 is 0. The van der Waals surface area contributed by atoms with E-state index in [4.69, 9.17) is 0 Å². The first kappa shape index (κ1) is 12.6. The minimum Gasteiger partial charge on any atom is -0.394 e. The number of unbranched alkanes of at least 4 members (excludes halogenated alkanes) is 1. The molecule has 1 fully saturated rings. The Morgan fingerprint density at radius 3 is 2.47 bits per heavy atom. The molecular formula is C15H23NO. The molecule has 0 unspecified atom stereocenters. The van der Waals surface area contributed by atoms with Gasteiger partial charge in [-0.15, -0.1) is 0 Å². The molecular weight excluding hydrogens is 210 g/mol. The van der Waals surface area contributed by atoms with Gasteiger partial charge in [0.1, 0.15) is 0 Å². The fourth-order valence-corrected chi connectivity index (χ4v) is 2.45. The van der Waals surface area contributed by atoms with Crippen LogP contribution in [0, 0.1) is 0 Å². The molecule has 0 atom stereocenters. The van der Waals surface area contributed by atoms with E-state index in [0.29, 0.717) is 6.61 Å². The highest BCUT2D eigenvalue weighted by Gasteiger charge is 2.35. The molecule has 0 radical (unpaired) electrons. The second kappa shape index (κ2) is 6.18. The van der Waals surface area contributed by atoms with Crippen molar-refractivity contribution in [3.05, 3.63) is 35.9 Å². The van der Waals surface area contributed by atoms with Crippen LogP contribution < -0.4 is 5.32 Å². The second-order valence-corrected chi connectivity index (χ2v) is 5.16. The monoisotopic (exact) mass is 233 g/mol. The Labute approximate surface area is 104 Å². The van der Waals surface area contributed by atoms with Gasteiger partial charge in [0, 0.05) is 5.54 Å². The third-order valence-corrected chi connectivity index (χ3v) is 3.85. The summed E-state index contributed by atoms with van der Waals surface area (Å²) in [5.41, 5.74) is 1.50. The van der Waals surface area contributed by atoms with Crippen molar-refractivity contribution in [3.8, 4) is 0 Å². The number of aliphatic hydroxyl groups excluding tert-OH is 1. The SMILES string of the molecule is OCC1(NCCCCc2ccccc2)CCC1. The first-order valence-corrected chi connectivity index (χ1v) is 6.74. The van der Waals surface area contributed by atoms with Crippen molar-refractivity contribution in [3.63, 3.8) is 0 Å². The van der Waals surface area contributed by atoms with Gasteiger partial charge in [0.2, 0.25) is 0 Å². The van der Waals surface area contributed by atoms with Crippen LogP contribution >= 0.6 is 0 Å². The van der Waals surface area contributed by atoms with E-state index in [1.54, 1.807) is 0 Å². The van der Waals surface area contributed by atoms with Gasteiger partial charge in [0.15, 0.2) is 0 Å². The van der Waals surface area contributed by atoms with E-state index < -0.39 is 0 Å². The minimum absolute atomic E-state index is 0.0761. The zero-order chi connectivity index (χ0) is 12.0. The Bertz CT molecular complexity index is 313. The average molecular weight is 233 g/mol. The molecule has 0 heterocycles. The zero-order valence-corrected chi connectivity index (χ0v) is 10.5. The van der Waals surface area contributed by atoms with E-state index in [2.05, 4.69) is 35.6 Å². The van der Waals surface area contributed by atoms with Crippen molar-refractivity contribution in [2.24, 2.45) is 0 Å². The normalized spacial score (nSPS) is 17.7. The van der Waals surface area contributed by atoms with Crippen LogP contribution in [0.3, 0.4) is 0 Å². The zero-order valence-electron chi connectivity index (χ0n) is 10.5. The van der Waals surface area contributed by atoms with Crippen LogP contribution in [0.25, 0.3) is 0 Å². The minimum atomic E-state index is 0.0761. The summed E-state index contributed by atoms with van der Waals surface area (Å²) in [5.74, 6) is 0. The molecule has 1 aromatic carbocycles. The summed E-state index contributed by atoms with van der Waals surface area (Å²) in [6, 6.07) is 10.6. The van der Waals surface area contributed by atoms with Gasteiger partial charge in [-0.3, -0.25) is 0 Å². The maximum absolute atomic E-state index is 9.31. The lowest BCUT2D eigenvalue weighted by atomic mass is 9.77. The highest BCUT2D eigenvalue weighted by Crippen LogP contribution is 2.30. The number of aryl methyl sites for hydroxylation is 1. The Kier molecular flexibility index (Phi) is 4.57. The van der Waals surface area contributed by atoms with Crippen LogP contribution in [0.1, 0.15) is 37.7 Å². The smallest absolute Gasteiger partial charge is 0.0613 e. The molecule has 94 valence electrons. The van der Waals surface area contributed by atoms with Crippen molar-refractivity contribution in [2.75, 3.05) is 13.2 Å². The van der Waals surface area contributed by atoms with E-state index in [1.165, 1.54) is 24.8 Å². The molecule has 2 N–H and O–H groups in total. The molecule has 1 aliphatic rings. The maximum atomic E-state index is 9.31. The fourth-order valence-electron chi connectivity index (χ4n) is 2.45. The lowest BCUT2D eigenvalue weighted by molar-refractivity contribution is 0.0887. The van der Waals surface area contributed by atoms with Crippen molar-refractivity contribution in [2.45, 2.75) is 44.1 Å².